The van der Waals surface area contributed by atoms with Crippen molar-refractivity contribution in [3.8, 4) is 0 Å². The van der Waals surface area contributed by atoms with E-state index in [4.69, 9.17) is 0 Å². The fourth-order valence-electron chi connectivity index (χ4n) is 2.61. The maximum Gasteiger partial charge on any atom is 0.0157 e. The molecule has 0 aromatic heterocycles. The molecule has 0 aliphatic carbocycles. The molecule has 0 nitrogen and oxygen atoms in total. The van der Waals surface area contributed by atoms with Gasteiger partial charge in [-0.05, 0) is 36.9 Å². The van der Waals surface area contributed by atoms with Gasteiger partial charge in [0, 0.05) is 10.1 Å². The summed E-state index contributed by atoms with van der Waals surface area (Å²) in [6, 6.07) is 0. The molecule has 0 aliphatic heterocycles. The van der Waals surface area contributed by atoms with Crippen molar-refractivity contribution >= 4 is 27.7 Å². The van der Waals surface area contributed by atoms with Crippen molar-refractivity contribution in [2.75, 3.05) is 11.1 Å². The van der Waals surface area contributed by atoms with E-state index in [0.29, 0.717) is 4.75 Å². The van der Waals surface area contributed by atoms with Crippen LogP contribution in [0.5, 0.6) is 0 Å². The minimum atomic E-state index is 0.494. The lowest BCUT2D eigenvalue weighted by Gasteiger charge is -2.36. The number of hydrogen-bond acceptors (Lipinski definition) is 1. The predicted molar refractivity (Wildman–Crippen MR) is 87.4 cm³/mol. The van der Waals surface area contributed by atoms with Crippen LogP contribution in [0.2, 0.25) is 0 Å². The largest absolute Gasteiger partial charge is 0.155 e. The molecule has 17 heavy (non-hydrogen) atoms. The Morgan fingerprint density at radius 1 is 1.06 bits per heavy atom. The zero-order valence-corrected chi connectivity index (χ0v) is 14.8. The van der Waals surface area contributed by atoms with Crippen molar-refractivity contribution in [1.82, 2.24) is 0 Å². The summed E-state index contributed by atoms with van der Waals surface area (Å²) < 4.78 is 0.494. The van der Waals surface area contributed by atoms with E-state index in [1.807, 2.05) is 0 Å². The first-order valence-electron chi connectivity index (χ1n) is 7.27. The predicted octanol–water partition coefficient (Wildman–Crippen LogP) is 6.14. The second kappa shape index (κ2) is 9.72. The van der Waals surface area contributed by atoms with Crippen molar-refractivity contribution in [2.45, 2.75) is 71.5 Å². The van der Waals surface area contributed by atoms with E-state index in [-0.39, 0.29) is 0 Å². The van der Waals surface area contributed by atoms with Crippen LogP contribution < -0.4 is 0 Å². The van der Waals surface area contributed by atoms with Gasteiger partial charge in [0.2, 0.25) is 0 Å². The summed E-state index contributed by atoms with van der Waals surface area (Å²) in [5.74, 6) is 3.00. The number of hydrogen-bond donors (Lipinski definition) is 0. The van der Waals surface area contributed by atoms with Crippen molar-refractivity contribution in [2.24, 2.45) is 11.8 Å². The molecule has 0 aromatic carbocycles. The standard InChI is InChI=1S/C15H31BrS/c1-6-13(12-16)10-11-14(7-2)15(5,8-3)17-9-4/h13-14H,6-12H2,1-5H3. The highest BCUT2D eigenvalue weighted by atomic mass is 79.9. The Bertz CT molecular complexity index is 180. The van der Waals surface area contributed by atoms with Gasteiger partial charge in [-0.25, -0.2) is 0 Å². The summed E-state index contributed by atoms with van der Waals surface area (Å²) >= 11 is 5.81. The van der Waals surface area contributed by atoms with E-state index in [2.05, 4.69) is 62.3 Å². The zero-order chi connectivity index (χ0) is 13.3. The number of thioether (sulfide) groups is 1. The Morgan fingerprint density at radius 3 is 2.06 bits per heavy atom. The fraction of sp³-hybridized carbons (Fsp3) is 1.00. The molecule has 3 atom stereocenters. The molecular weight excluding hydrogens is 292 g/mol. The summed E-state index contributed by atoms with van der Waals surface area (Å²) in [4.78, 5) is 0. The third-order valence-corrected chi connectivity index (χ3v) is 6.74. The van der Waals surface area contributed by atoms with E-state index in [9.17, 15) is 0 Å². The molecule has 0 saturated carbocycles. The lowest BCUT2D eigenvalue weighted by Crippen LogP contribution is -2.31. The first-order chi connectivity index (χ1) is 8.07. The highest BCUT2D eigenvalue weighted by Crippen LogP contribution is 2.40. The van der Waals surface area contributed by atoms with Crippen LogP contribution >= 0.6 is 27.7 Å². The minimum absolute atomic E-state index is 0.494. The maximum absolute atomic E-state index is 3.64. The molecule has 0 bridgehead atoms. The molecule has 2 heteroatoms. The maximum atomic E-state index is 3.64. The monoisotopic (exact) mass is 322 g/mol. The average Bonchev–Trinajstić information content (AvgIpc) is 2.35. The van der Waals surface area contributed by atoms with Crippen LogP contribution in [0.4, 0.5) is 0 Å². The molecular formula is C15H31BrS. The first kappa shape index (κ1) is 17.8. The normalized spacial score (nSPS) is 18.7. The first-order valence-corrected chi connectivity index (χ1v) is 9.38. The molecule has 0 fully saturated rings. The van der Waals surface area contributed by atoms with Crippen LogP contribution in [0.1, 0.15) is 66.7 Å². The van der Waals surface area contributed by atoms with Crippen LogP contribution in [0.15, 0.2) is 0 Å². The number of halogens is 1. The van der Waals surface area contributed by atoms with Gasteiger partial charge >= 0.3 is 0 Å². The summed E-state index contributed by atoms with van der Waals surface area (Å²) in [6.07, 6.45) is 6.73. The van der Waals surface area contributed by atoms with Crippen LogP contribution in [0, 0.1) is 11.8 Å². The Kier molecular flexibility index (Phi) is 10.2. The average molecular weight is 323 g/mol. The topological polar surface area (TPSA) is 0 Å². The van der Waals surface area contributed by atoms with Crippen molar-refractivity contribution in [3.05, 3.63) is 0 Å². The summed E-state index contributed by atoms with van der Waals surface area (Å²) in [5.41, 5.74) is 0. The van der Waals surface area contributed by atoms with Gasteiger partial charge in [-0.2, -0.15) is 11.8 Å². The second-order valence-electron chi connectivity index (χ2n) is 5.21. The third-order valence-electron chi connectivity index (χ3n) is 4.25. The smallest absolute Gasteiger partial charge is 0.0157 e. The SMILES string of the molecule is CCSC(C)(CC)C(CC)CCC(CC)CBr. The Morgan fingerprint density at radius 2 is 1.71 bits per heavy atom. The van der Waals surface area contributed by atoms with E-state index >= 15 is 0 Å². The van der Waals surface area contributed by atoms with Gasteiger partial charge in [-0.15, -0.1) is 0 Å². The van der Waals surface area contributed by atoms with Gasteiger partial charge in [0.1, 0.15) is 0 Å². The molecule has 3 unspecified atom stereocenters. The lowest BCUT2D eigenvalue weighted by atomic mass is 9.83. The van der Waals surface area contributed by atoms with Gasteiger partial charge in [0.25, 0.3) is 0 Å². The Labute approximate surface area is 122 Å². The minimum Gasteiger partial charge on any atom is -0.155 e. The van der Waals surface area contributed by atoms with E-state index in [0.717, 1.165) is 11.8 Å². The molecule has 0 N–H and O–H groups in total. The van der Waals surface area contributed by atoms with Crippen molar-refractivity contribution < 1.29 is 0 Å². The summed E-state index contributed by atoms with van der Waals surface area (Å²) in [7, 11) is 0. The molecule has 0 heterocycles. The highest BCUT2D eigenvalue weighted by Gasteiger charge is 2.31. The molecule has 0 aliphatic rings. The molecule has 0 amide bonds. The fourth-order valence-corrected chi connectivity index (χ4v) is 4.77. The zero-order valence-electron chi connectivity index (χ0n) is 12.4. The second-order valence-corrected chi connectivity index (χ2v) is 7.66. The Balaban J connectivity index is 4.38. The van der Waals surface area contributed by atoms with Gasteiger partial charge in [-0.1, -0.05) is 63.4 Å². The third kappa shape index (κ3) is 6.00. The molecule has 0 rings (SSSR count). The van der Waals surface area contributed by atoms with Crippen LogP contribution in [0.3, 0.4) is 0 Å². The number of rotatable bonds is 10. The highest BCUT2D eigenvalue weighted by molar-refractivity contribution is 9.09. The summed E-state index contributed by atoms with van der Waals surface area (Å²) in [5, 5.41) is 1.17. The molecule has 0 radical (unpaired) electrons. The quantitative estimate of drug-likeness (QED) is 0.435. The molecule has 104 valence electrons. The van der Waals surface area contributed by atoms with Crippen LogP contribution in [-0.2, 0) is 0 Å². The molecule has 0 aromatic rings. The van der Waals surface area contributed by atoms with Gasteiger partial charge in [-0.3, -0.25) is 0 Å². The van der Waals surface area contributed by atoms with Gasteiger partial charge in [0.05, 0.1) is 0 Å². The van der Waals surface area contributed by atoms with Gasteiger partial charge < -0.3 is 0 Å². The van der Waals surface area contributed by atoms with E-state index < -0.39 is 0 Å². The van der Waals surface area contributed by atoms with Crippen molar-refractivity contribution in [1.29, 1.82) is 0 Å². The van der Waals surface area contributed by atoms with Crippen LogP contribution in [-0.4, -0.2) is 15.8 Å². The summed E-state index contributed by atoms with van der Waals surface area (Å²) in [6.45, 7) is 11.8. The van der Waals surface area contributed by atoms with Crippen LogP contribution in [0.25, 0.3) is 0 Å². The number of alkyl halides is 1. The lowest BCUT2D eigenvalue weighted by molar-refractivity contribution is 0.322. The Hall–Kier alpha value is 0.830. The van der Waals surface area contributed by atoms with Gasteiger partial charge in [0.15, 0.2) is 0 Å². The molecule has 0 saturated heterocycles. The van der Waals surface area contributed by atoms with E-state index in [1.54, 1.807) is 0 Å². The van der Waals surface area contributed by atoms with E-state index in [1.165, 1.54) is 43.2 Å². The molecule has 0 spiro atoms. The van der Waals surface area contributed by atoms with Crippen molar-refractivity contribution in [3.63, 3.8) is 0 Å².